The van der Waals surface area contributed by atoms with Crippen LogP contribution in [-0.4, -0.2) is 36.4 Å². The first-order chi connectivity index (χ1) is 8.73. The minimum absolute atomic E-state index is 0.172. The van der Waals surface area contributed by atoms with Gasteiger partial charge in [0.25, 0.3) is 0 Å². The van der Waals surface area contributed by atoms with Crippen LogP contribution in [0.3, 0.4) is 0 Å². The molecule has 0 saturated carbocycles. The maximum absolute atomic E-state index is 11.3. The average molecular weight is 272 g/mol. The van der Waals surface area contributed by atoms with Crippen molar-refractivity contribution in [2.75, 3.05) is 0 Å². The molecule has 0 aromatic rings. The molecule has 0 aliphatic carbocycles. The van der Waals surface area contributed by atoms with E-state index in [9.17, 15) is 9.59 Å². The van der Waals surface area contributed by atoms with Crippen molar-refractivity contribution in [2.45, 2.75) is 66.0 Å². The van der Waals surface area contributed by atoms with Gasteiger partial charge in [0.05, 0.1) is 0 Å². The van der Waals surface area contributed by atoms with Crippen LogP contribution in [0.25, 0.3) is 0 Å². The Balaban J connectivity index is 2.99. The zero-order chi connectivity index (χ0) is 14.7. The van der Waals surface area contributed by atoms with Crippen molar-refractivity contribution in [3.8, 4) is 0 Å². The van der Waals surface area contributed by atoms with E-state index in [1.165, 1.54) is 13.8 Å². The normalized spacial score (nSPS) is 30.7. The van der Waals surface area contributed by atoms with Crippen molar-refractivity contribution in [3.63, 3.8) is 0 Å². The highest BCUT2D eigenvalue weighted by atomic mass is 16.6. The predicted octanol–water partition coefficient (Wildman–Crippen LogP) is 1.93. The number of carbonyl (C=O) groups excluding carboxylic acids is 2. The van der Waals surface area contributed by atoms with Gasteiger partial charge in [0, 0.05) is 13.8 Å². The number of ether oxygens (including phenoxy) is 3. The van der Waals surface area contributed by atoms with Crippen LogP contribution in [-0.2, 0) is 23.8 Å². The van der Waals surface area contributed by atoms with E-state index in [2.05, 4.69) is 0 Å². The molecule has 1 rings (SSSR count). The maximum Gasteiger partial charge on any atom is 0.303 e. The van der Waals surface area contributed by atoms with Crippen molar-refractivity contribution in [2.24, 2.45) is 11.8 Å². The third-order valence-corrected chi connectivity index (χ3v) is 3.20. The summed E-state index contributed by atoms with van der Waals surface area (Å²) in [6.45, 7) is 10.7. The lowest BCUT2D eigenvalue weighted by molar-refractivity contribution is -0.165. The Morgan fingerprint density at radius 1 is 0.842 bits per heavy atom. The largest absolute Gasteiger partial charge is 0.456 e. The highest BCUT2D eigenvalue weighted by molar-refractivity contribution is 5.67. The van der Waals surface area contributed by atoms with E-state index in [0.29, 0.717) is 0 Å². The van der Waals surface area contributed by atoms with Crippen LogP contribution < -0.4 is 0 Å². The molecule has 1 heterocycles. The van der Waals surface area contributed by atoms with Crippen LogP contribution in [0.2, 0.25) is 0 Å². The second-order valence-electron chi connectivity index (χ2n) is 5.70. The zero-order valence-electron chi connectivity index (χ0n) is 12.5. The molecular formula is C14H24O5. The minimum Gasteiger partial charge on any atom is -0.456 e. The van der Waals surface area contributed by atoms with Crippen LogP contribution in [0.4, 0.5) is 0 Å². The van der Waals surface area contributed by atoms with Gasteiger partial charge < -0.3 is 14.2 Å². The molecule has 1 saturated heterocycles. The van der Waals surface area contributed by atoms with Crippen LogP contribution in [0.15, 0.2) is 0 Å². The number of esters is 2. The molecule has 0 N–H and O–H groups in total. The van der Waals surface area contributed by atoms with Gasteiger partial charge in [0.2, 0.25) is 0 Å². The zero-order valence-corrected chi connectivity index (χ0v) is 12.5. The first-order valence-electron chi connectivity index (χ1n) is 6.74. The Labute approximate surface area is 114 Å². The smallest absolute Gasteiger partial charge is 0.303 e. The summed E-state index contributed by atoms with van der Waals surface area (Å²) < 4.78 is 16.6. The van der Waals surface area contributed by atoms with Gasteiger partial charge in [-0.15, -0.1) is 0 Å². The Morgan fingerprint density at radius 3 is 1.37 bits per heavy atom. The standard InChI is InChI=1S/C14H24O5/c1-7(2)11-13(17-9(5)15)14(18-10(6)16)12(19-11)8(3)4/h7-8,11-14H,1-6H3/t11-,12+,13-,14+. The molecule has 1 fully saturated rings. The average Bonchev–Trinajstić information content (AvgIpc) is 2.56. The van der Waals surface area contributed by atoms with Gasteiger partial charge in [-0.05, 0) is 11.8 Å². The summed E-state index contributed by atoms with van der Waals surface area (Å²) in [6, 6.07) is 0. The molecule has 5 nitrogen and oxygen atoms in total. The molecule has 0 radical (unpaired) electrons. The monoisotopic (exact) mass is 272 g/mol. The fraction of sp³-hybridized carbons (Fsp3) is 0.857. The topological polar surface area (TPSA) is 61.8 Å². The van der Waals surface area contributed by atoms with Crippen molar-refractivity contribution in [3.05, 3.63) is 0 Å². The first-order valence-corrected chi connectivity index (χ1v) is 6.74. The van der Waals surface area contributed by atoms with Crippen LogP contribution in [0, 0.1) is 11.8 Å². The minimum atomic E-state index is -0.534. The number of carbonyl (C=O) groups is 2. The lowest BCUT2D eigenvalue weighted by atomic mass is 9.95. The van der Waals surface area contributed by atoms with Gasteiger partial charge in [-0.2, -0.15) is 0 Å². The molecule has 0 amide bonds. The van der Waals surface area contributed by atoms with Crippen LogP contribution in [0.5, 0.6) is 0 Å². The van der Waals surface area contributed by atoms with Crippen molar-refractivity contribution in [1.82, 2.24) is 0 Å². The Kier molecular flexibility index (Phi) is 5.35. The van der Waals surface area contributed by atoms with E-state index < -0.39 is 12.2 Å². The Morgan fingerprint density at radius 2 is 1.16 bits per heavy atom. The third-order valence-electron chi connectivity index (χ3n) is 3.20. The number of hydrogen-bond acceptors (Lipinski definition) is 5. The van der Waals surface area contributed by atoms with Gasteiger partial charge in [-0.1, -0.05) is 27.7 Å². The molecule has 19 heavy (non-hydrogen) atoms. The van der Waals surface area contributed by atoms with Gasteiger partial charge >= 0.3 is 11.9 Å². The summed E-state index contributed by atoms with van der Waals surface area (Å²) in [4.78, 5) is 22.5. The van der Waals surface area contributed by atoms with Gasteiger partial charge in [-0.3, -0.25) is 9.59 Å². The third kappa shape index (κ3) is 3.93. The highest BCUT2D eigenvalue weighted by Crippen LogP contribution is 2.34. The summed E-state index contributed by atoms with van der Waals surface area (Å²) in [5, 5.41) is 0. The summed E-state index contributed by atoms with van der Waals surface area (Å²) in [7, 11) is 0. The second-order valence-corrected chi connectivity index (χ2v) is 5.70. The summed E-state index contributed by atoms with van der Waals surface area (Å²) >= 11 is 0. The molecule has 5 heteroatoms. The molecule has 0 aromatic heterocycles. The molecule has 0 spiro atoms. The fourth-order valence-electron chi connectivity index (χ4n) is 2.43. The van der Waals surface area contributed by atoms with E-state index >= 15 is 0 Å². The van der Waals surface area contributed by atoms with Gasteiger partial charge in [0.1, 0.15) is 12.2 Å². The molecule has 0 unspecified atom stereocenters. The predicted molar refractivity (Wildman–Crippen MR) is 69.4 cm³/mol. The van der Waals surface area contributed by atoms with E-state index in [1.54, 1.807) is 0 Å². The molecular weight excluding hydrogens is 248 g/mol. The highest BCUT2D eigenvalue weighted by Gasteiger charge is 2.50. The van der Waals surface area contributed by atoms with E-state index in [1.807, 2.05) is 27.7 Å². The molecule has 4 atom stereocenters. The quantitative estimate of drug-likeness (QED) is 0.732. The van der Waals surface area contributed by atoms with Gasteiger partial charge in [0.15, 0.2) is 12.2 Å². The SMILES string of the molecule is CC(=O)O[C@@H]1[C@H](OC(C)=O)[C@@H](C(C)C)O[C@H]1C(C)C. The summed E-state index contributed by atoms with van der Waals surface area (Å²) in [5.41, 5.74) is 0. The summed E-state index contributed by atoms with van der Waals surface area (Å²) in [6.07, 6.45) is -1.57. The first kappa shape index (κ1) is 16.0. The van der Waals surface area contributed by atoms with Crippen molar-refractivity contribution >= 4 is 11.9 Å². The molecule has 0 bridgehead atoms. The van der Waals surface area contributed by atoms with Crippen molar-refractivity contribution in [1.29, 1.82) is 0 Å². The second kappa shape index (κ2) is 6.37. The molecule has 110 valence electrons. The van der Waals surface area contributed by atoms with Crippen molar-refractivity contribution < 1.29 is 23.8 Å². The maximum atomic E-state index is 11.3. The summed E-state index contributed by atoms with van der Waals surface area (Å²) in [5.74, 6) is -0.432. The fourth-order valence-corrected chi connectivity index (χ4v) is 2.43. The van der Waals surface area contributed by atoms with E-state index in [-0.39, 0.29) is 36.0 Å². The Bertz CT molecular complexity index is 305. The molecule has 1 aliphatic rings. The lowest BCUT2D eigenvalue weighted by Crippen LogP contribution is -2.42. The molecule has 1 aliphatic heterocycles. The number of rotatable bonds is 4. The van der Waals surface area contributed by atoms with Gasteiger partial charge in [-0.25, -0.2) is 0 Å². The van der Waals surface area contributed by atoms with Crippen LogP contribution >= 0.6 is 0 Å². The molecule has 0 aromatic carbocycles. The van der Waals surface area contributed by atoms with E-state index in [4.69, 9.17) is 14.2 Å². The lowest BCUT2D eigenvalue weighted by Gasteiger charge is -2.25. The van der Waals surface area contributed by atoms with E-state index in [0.717, 1.165) is 0 Å². The Hall–Kier alpha value is -1.10. The van der Waals surface area contributed by atoms with Crippen LogP contribution in [0.1, 0.15) is 41.5 Å². The number of hydrogen-bond donors (Lipinski definition) is 0.